The third-order valence-electron chi connectivity index (χ3n) is 3.15. The molecule has 136 valence electrons. The molecule has 1 fully saturated rings. The largest absolute Gasteiger partial charge is 0.490 e. The van der Waals surface area contributed by atoms with Crippen LogP contribution in [-0.4, -0.2) is 42.6 Å². The second-order valence-electron chi connectivity index (χ2n) is 5.03. The lowest BCUT2D eigenvalue weighted by Crippen LogP contribution is -2.39. The van der Waals surface area contributed by atoms with Crippen molar-refractivity contribution in [2.75, 3.05) is 13.1 Å². The zero-order chi connectivity index (χ0) is 18.5. The van der Waals surface area contributed by atoms with Crippen LogP contribution in [0.15, 0.2) is 24.3 Å². The van der Waals surface area contributed by atoms with Gasteiger partial charge in [0.05, 0.1) is 0 Å². The Morgan fingerprint density at radius 2 is 1.62 bits per heavy atom. The van der Waals surface area contributed by atoms with E-state index in [1.54, 1.807) is 12.1 Å². The number of nitrogens with one attached hydrogen (secondary N) is 1. The molecule has 10 heteroatoms. The van der Waals surface area contributed by atoms with Crippen molar-refractivity contribution in [2.45, 2.75) is 31.3 Å². The van der Waals surface area contributed by atoms with Gasteiger partial charge in [-0.1, -0.05) is 12.1 Å². The van der Waals surface area contributed by atoms with Crippen LogP contribution < -0.4 is 10.1 Å². The maximum absolute atomic E-state index is 12.3. The molecule has 0 radical (unpaired) electrons. The minimum Gasteiger partial charge on any atom is -0.481 e. The highest BCUT2D eigenvalue weighted by atomic mass is 19.4. The first kappa shape index (κ1) is 20.1. The van der Waals surface area contributed by atoms with Gasteiger partial charge in [0.15, 0.2) is 6.10 Å². The molecule has 1 aromatic carbocycles. The van der Waals surface area contributed by atoms with Crippen LogP contribution in [-0.2, 0) is 4.79 Å². The number of aliphatic carboxylic acids is 1. The zero-order valence-electron chi connectivity index (χ0n) is 12.4. The average Bonchev–Trinajstić information content (AvgIpc) is 2.37. The molecule has 4 nitrogen and oxygen atoms in total. The summed E-state index contributed by atoms with van der Waals surface area (Å²) in [5.74, 6) is -2.03. The van der Waals surface area contributed by atoms with Crippen LogP contribution in [0.2, 0.25) is 0 Å². The fraction of sp³-hybridized carbons (Fsp3) is 0.500. The fourth-order valence-corrected chi connectivity index (χ4v) is 1.61. The molecule has 1 aliphatic rings. The number of hydrogen-bond donors (Lipinski definition) is 2. The lowest BCUT2D eigenvalue weighted by Gasteiger charge is -2.27. The monoisotopic (exact) mass is 359 g/mol. The highest BCUT2D eigenvalue weighted by molar-refractivity contribution is 5.73. The molecule has 0 amide bonds. The number of carboxylic acid groups (broad SMARTS) is 1. The van der Waals surface area contributed by atoms with Crippen LogP contribution in [0.25, 0.3) is 0 Å². The first-order chi connectivity index (χ1) is 10.9. The predicted octanol–water partition coefficient (Wildman–Crippen LogP) is 3.34. The van der Waals surface area contributed by atoms with Gasteiger partial charge in [0.1, 0.15) is 5.75 Å². The van der Waals surface area contributed by atoms with Gasteiger partial charge in [-0.2, -0.15) is 26.3 Å². The number of halogens is 6. The minimum atomic E-state index is -5.08. The highest BCUT2D eigenvalue weighted by Crippen LogP contribution is 2.27. The van der Waals surface area contributed by atoms with Gasteiger partial charge in [0.2, 0.25) is 0 Å². The van der Waals surface area contributed by atoms with E-state index in [0.29, 0.717) is 5.92 Å². The summed E-state index contributed by atoms with van der Waals surface area (Å²) in [6, 6.07) is 6.83. The molecule has 0 saturated carbocycles. The molecule has 0 aliphatic carbocycles. The van der Waals surface area contributed by atoms with E-state index in [1.807, 2.05) is 12.1 Å². The molecule has 1 saturated heterocycles. The normalized spacial score (nSPS) is 16.5. The summed E-state index contributed by atoms with van der Waals surface area (Å²) in [4.78, 5) is 8.90. The smallest absolute Gasteiger partial charge is 0.481 e. The van der Waals surface area contributed by atoms with Gasteiger partial charge in [0, 0.05) is 19.0 Å². The van der Waals surface area contributed by atoms with Crippen LogP contribution in [0.4, 0.5) is 26.3 Å². The van der Waals surface area contributed by atoms with E-state index in [2.05, 4.69) is 5.32 Å². The van der Waals surface area contributed by atoms with Crippen LogP contribution in [0.1, 0.15) is 18.4 Å². The Balaban J connectivity index is 0.000000351. The number of carbonyl (C=O) groups is 1. The van der Waals surface area contributed by atoms with Gasteiger partial charge in [-0.25, -0.2) is 4.79 Å². The van der Waals surface area contributed by atoms with Crippen molar-refractivity contribution in [3.63, 3.8) is 0 Å². The lowest BCUT2D eigenvalue weighted by atomic mass is 9.94. The molecule has 1 atom stereocenters. The Hall–Kier alpha value is -1.97. The van der Waals surface area contributed by atoms with Gasteiger partial charge in [-0.05, 0) is 24.6 Å². The standard InChI is InChI=1S/C12H14F3NO.C2HF3O2/c1-8(12(13,14)15)17-11-4-2-9(3-5-11)10-6-16-7-10;3-2(4,5)1(6)7/h2-5,8,10,16H,6-7H2,1H3;(H,6,7). The van der Waals surface area contributed by atoms with E-state index >= 15 is 0 Å². The molecule has 1 aliphatic heterocycles. The number of carboxylic acids is 1. The Bertz CT molecular complexity index is 537. The van der Waals surface area contributed by atoms with Gasteiger partial charge in [-0.15, -0.1) is 0 Å². The second kappa shape index (κ2) is 7.73. The van der Waals surface area contributed by atoms with Gasteiger partial charge in [-0.3, -0.25) is 0 Å². The van der Waals surface area contributed by atoms with Gasteiger partial charge >= 0.3 is 18.3 Å². The lowest BCUT2D eigenvalue weighted by molar-refractivity contribution is -0.192. The molecule has 0 aromatic heterocycles. The number of benzene rings is 1. The Morgan fingerprint density at radius 1 is 1.17 bits per heavy atom. The summed E-state index contributed by atoms with van der Waals surface area (Å²) >= 11 is 0. The van der Waals surface area contributed by atoms with Crippen molar-refractivity contribution >= 4 is 5.97 Å². The minimum absolute atomic E-state index is 0.255. The van der Waals surface area contributed by atoms with E-state index in [9.17, 15) is 26.3 Å². The van der Waals surface area contributed by atoms with E-state index in [0.717, 1.165) is 25.6 Å². The Labute approximate surface area is 133 Å². The molecule has 0 bridgehead atoms. The maximum Gasteiger partial charge on any atom is 0.490 e. The number of ether oxygens (including phenoxy) is 1. The van der Waals surface area contributed by atoms with Crippen molar-refractivity contribution in [1.82, 2.24) is 5.32 Å². The number of hydrogen-bond acceptors (Lipinski definition) is 3. The van der Waals surface area contributed by atoms with E-state index < -0.39 is 24.4 Å². The maximum atomic E-state index is 12.3. The van der Waals surface area contributed by atoms with Crippen LogP contribution in [0, 0.1) is 0 Å². The average molecular weight is 359 g/mol. The van der Waals surface area contributed by atoms with Crippen molar-refractivity contribution in [1.29, 1.82) is 0 Å². The van der Waals surface area contributed by atoms with Gasteiger partial charge < -0.3 is 15.2 Å². The first-order valence-corrected chi connectivity index (χ1v) is 6.75. The molecule has 2 N–H and O–H groups in total. The van der Waals surface area contributed by atoms with Crippen molar-refractivity contribution in [3.8, 4) is 5.75 Å². The third-order valence-corrected chi connectivity index (χ3v) is 3.15. The topological polar surface area (TPSA) is 58.6 Å². The molecule has 2 rings (SSSR count). The summed E-state index contributed by atoms with van der Waals surface area (Å²) in [5.41, 5.74) is 1.13. The van der Waals surface area contributed by atoms with E-state index in [4.69, 9.17) is 14.6 Å². The van der Waals surface area contributed by atoms with Crippen LogP contribution in [0.5, 0.6) is 5.75 Å². The summed E-state index contributed by atoms with van der Waals surface area (Å²) in [6.07, 6.45) is -11.2. The fourth-order valence-electron chi connectivity index (χ4n) is 1.61. The molecule has 1 unspecified atom stereocenters. The first-order valence-electron chi connectivity index (χ1n) is 6.75. The number of alkyl halides is 6. The highest BCUT2D eigenvalue weighted by Gasteiger charge is 2.38. The Morgan fingerprint density at radius 3 is 1.92 bits per heavy atom. The van der Waals surface area contributed by atoms with E-state index in [-0.39, 0.29) is 5.75 Å². The Kier molecular flexibility index (Phi) is 6.47. The third kappa shape index (κ3) is 6.26. The van der Waals surface area contributed by atoms with Crippen LogP contribution in [0.3, 0.4) is 0 Å². The summed E-state index contributed by atoms with van der Waals surface area (Å²) in [7, 11) is 0. The molecule has 24 heavy (non-hydrogen) atoms. The quantitative estimate of drug-likeness (QED) is 0.813. The molecular weight excluding hydrogens is 344 g/mol. The second-order valence-corrected chi connectivity index (χ2v) is 5.03. The number of rotatable bonds is 3. The van der Waals surface area contributed by atoms with Crippen molar-refractivity contribution in [2.24, 2.45) is 0 Å². The molecule has 1 heterocycles. The SMILES string of the molecule is CC(Oc1ccc(C2CNC2)cc1)C(F)(F)F.O=C(O)C(F)(F)F. The van der Waals surface area contributed by atoms with Crippen LogP contribution >= 0.6 is 0 Å². The zero-order valence-corrected chi connectivity index (χ0v) is 12.4. The summed E-state index contributed by atoms with van der Waals surface area (Å²) < 4.78 is 73.4. The summed E-state index contributed by atoms with van der Waals surface area (Å²) in [5, 5.41) is 10.3. The molecular formula is C14H15F6NO3. The van der Waals surface area contributed by atoms with Crippen molar-refractivity contribution < 1.29 is 41.0 Å². The van der Waals surface area contributed by atoms with E-state index in [1.165, 1.54) is 0 Å². The van der Waals surface area contributed by atoms with Crippen molar-refractivity contribution in [3.05, 3.63) is 29.8 Å². The predicted molar refractivity (Wildman–Crippen MR) is 71.9 cm³/mol. The molecule has 0 spiro atoms. The molecule has 1 aromatic rings. The van der Waals surface area contributed by atoms with Gasteiger partial charge in [0.25, 0.3) is 0 Å². The summed E-state index contributed by atoms with van der Waals surface area (Å²) in [6.45, 7) is 2.86.